The van der Waals surface area contributed by atoms with Crippen molar-refractivity contribution in [3.05, 3.63) is 0 Å². The normalized spacial score (nSPS) is 42.4. The van der Waals surface area contributed by atoms with Gasteiger partial charge in [-0.2, -0.15) is 0 Å². The van der Waals surface area contributed by atoms with E-state index in [9.17, 15) is 4.79 Å². The molecule has 0 spiro atoms. The Hall–Kier alpha value is -0.610. The highest BCUT2D eigenvalue weighted by molar-refractivity contribution is 5.74. The lowest BCUT2D eigenvalue weighted by atomic mass is 10.1. The summed E-state index contributed by atoms with van der Waals surface area (Å²) in [6.45, 7) is 0.772. The average Bonchev–Trinajstić information content (AvgIpc) is 2.40. The van der Waals surface area contributed by atoms with Gasteiger partial charge in [0.05, 0.1) is 6.10 Å². The highest BCUT2D eigenvalue weighted by Crippen LogP contribution is 2.24. The largest absolute Gasteiger partial charge is 0.480 e. The van der Waals surface area contributed by atoms with Crippen LogP contribution in [-0.2, 0) is 9.53 Å². The van der Waals surface area contributed by atoms with E-state index in [1.807, 2.05) is 0 Å². The summed E-state index contributed by atoms with van der Waals surface area (Å²) in [7, 11) is 0. The third-order valence-corrected chi connectivity index (χ3v) is 2.39. The molecular formula is C7H11NO3. The second-order valence-corrected chi connectivity index (χ2v) is 3.10. The van der Waals surface area contributed by atoms with Crippen LogP contribution >= 0.6 is 0 Å². The minimum absolute atomic E-state index is 0.149. The number of rotatable bonds is 1. The summed E-state index contributed by atoms with van der Waals surface area (Å²) in [5.74, 6) is -0.761. The van der Waals surface area contributed by atoms with Crippen molar-refractivity contribution < 1.29 is 14.6 Å². The SMILES string of the molecule is O=C(O)[C@@H]1C[C@H]2OCC[C@H]2N1. The first-order valence-corrected chi connectivity index (χ1v) is 3.88. The van der Waals surface area contributed by atoms with E-state index in [1.165, 1.54) is 0 Å². The lowest BCUT2D eigenvalue weighted by Gasteiger charge is -2.05. The van der Waals surface area contributed by atoms with Gasteiger partial charge in [0.2, 0.25) is 0 Å². The fraction of sp³-hybridized carbons (Fsp3) is 0.857. The summed E-state index contributed by atoms with van der Waals surface area (Å²) in [5, 5.41) is 11.7. The van der Waals surface area contributed by atoms with Gasteiger partial charge in [0.1, 0.15) is 6.04 Å². The third kappa shape index (κ3) is 1.12. The van der Waals surface area contributed by atoms with Crippen molar-refractivity contribution in [3.8, 4) is 0 Å². The fourth-order valence-corrected chi connectivity index (χ4v) is 1.80. The number of nitrogens with one attached hydrogen (secondary N) is 1. The first kappa shape index (κ1) is 7.06. The molecule has 11 heavy (non-hydrogen) atoms. The Morgan fingerprint density at radius 3 is 3.09 bits per heavy atom. The van der Waals surface area contributed by atoms with Gasteiger partial charge in [-0.15, -0.1) is 0 Å². The molecule has 4 nitrogen and oxygen atoms in total. The van der Waals surface area contributed by atoms with Gasteiger partial charge in [0.15, 0.2) is 0 Å². The van der Waals surface area contributed by atoms with Crippen molar-refractivity contribution in [3.63, 3.8) is 0 Å². The maximum atomic E-state index is 10.5. The monoisotopic (exact) mass is 157 g/mol. The number of hydrogen-bond donors (Lipinski definition) is 2. The van der Waals surface area contributed by atoms with E-state index >= 15 is 0 Å². The van der Waals surface area contributed by atoms with E-state index in [-0.39, 0.29) is 18.2 Å². The molecule has 2 fully saturated rings. The maximum absolute atomic E-state index is 10.5. The zero-order chi connectivity index (χ0) is 7.84. The minimum atomic E-state index is -0.761. The fourth-order valence-electron chi connectivity index (χ4n) is 1.80. The van der Waals surface area contributed by atoms with Crippen LogP contribution in [0.15, 0.2) is 0 Å². The van der Waals surface area contributed by atoms with Crippen LogP contribution in [0.2, 0.25) is 0 Å². The van der Waals surface area contributed by atoms with Gasteiger partial charge in [0.25, 0.3) is 0 Å². The molecule has 0 unspecified atom stereocenters. The van der Waals surface area contributed by atoms with E-state index in [0.717, 1.165) is 13.0 Å². The van der Waals surface area contributed by atoms with Crippen LogP contribution in [-0.4, -0.2) is 35.9 Å². The summed E-state index contributed by atoms with van der Waals surface area (Å²) < 4.78 is 5.33. The lowest BCUT2D eigenvalue weighted by molar-refractivity contribution is -0.139. The van der Waals surface area contributed by atoms with Crippen LogP contribution in [0.4, 0.5) is 0 Å². The molecule has 0 saturated carbocycles. The van der Waals surface area contributed by atoms with Gasteiger partial charge in [-0.25, -0.2) is 0 Å². The quantitative estimate of drug-likeness (QED) is 0.543. The Kier molecular flexibility index (Phi) is 1.58. The van der Waals surface area contributed by atoms with Crippen molar-refractivity contribution in [2.75, 3.05) is 6.61 Å². The van der Waals surface area contributed by atoms with Crippen molar-refractivity contribution >= 4 is 5.97 Å². The van der Waals surface area contributed by atoms with Crippen LogP contribution in [0.1, 0.15) is 12.8 Å². The van der Waals surface area contributed by atoms with Gasteiger partial charge < -0.3 is 9.84 Å². The first-order chi connectivity index (χ1) is 5.27. The molecule has 2 rings (SSSR count). The van der Waals surface area contributed by atoms with Crippen LogP contribution in [0, 0.1) is 0 Å². The molecule has 2 N–H and O–H groups in total. The van der Waals surface area contributed by atoms with Gasteiger partial charge >= 0.3 is 5.97 Å². The van der Waals surface area contributed by atoms with E-state index in [2.05, 4.69) is 5.32 Å². The second-order valence-electron chi connectivity index (χ2n) is 3.10. The standard InChI is InChI=1S/C7H11NO3/c9-7(10)5-3-6-4(8-5)1-2-11-6/h4-6,8H,1-3H2,(H,9,10)/t4-,5+,6-/m1/s1. The minimum Gasteiger partial charge on any atom is -0.480 e. The summed E-state index contributed by atoms with van der Waals surface area (Å²) >= 11 is 0. The number of aliphatic carboxylic acids is 1. The third-order valence-electron chi connectivity index (χ3n) is 2.39. The van der Waals surface area contributed by atoms with Crippen LogP contribution < -0.4 is 5.32 Å². The Morgan fingerprint density at radius 1 is 1.64 bits per heavy atom. The Balaban J connectivity index is 1.99. The lowest BCUT2D eigenvalue weighted by Crippen LogP contribution is -2.35. The predicted molar refractivity (Wildman–Crippen MR) is 37.3 cm³/mol. The van der Waals surface area contributed by atoms with E-state index in [4.69, 9.17) is 9.84 Å². The number of carboxylic acid groups (broad SMARTS) is 1. The van der Waals surface area contributed by atoms with Crippen molar-refractivity contribution in [2.24, 2.45) is 0 Å². The topological polar surface area (TPSA) is 58.6 Å². The summed E-state index contributed by atoms with van der Waals surface area (Å²) in [4.78, 5) is 10.5. The molecular weight excluding hydrogens is 146 g/mol. The molecule has 0 aromatic rings. The molecule has 0 bridgehead atoms. The molecule has 2 aliphatic rings. The van der Waals surface area contributed by atoms with E-state index < -0.39 is 5.97 Å². The number of ether oxygens (including phenoxy) is 1. The Morgan fingerprint density at radius 2 is 2.45 bits per heavy atom. The molecule has 2 aliphatic heterocycles. The second kappa shape index (κ2) is 2.46. The van der Waals surface area contributed by atoms with Crippen LogP contribution in [0.3, 0.4) is 0 Å². The molecule has 2 heterocycles. The molecule has 0 aromatic carbocycles. The number of carbonyl (C=O) groups is 1. The summed E-state index contributed by atoms with van der Waals surface area (Å²) in [6, 6.07) is -0.0959. The van der Waals surface area contributed by atoms with Crippen LogP contribution in [0.5, 0.6) is 0 Å². The smallest absolute Gasteiger partial charge is 0.320 e. The molecule has 62 valence electrons. The zero-order valence-electron chi connectivity index (χ0n) is 6.12. The van der Waals surface area contributed by atoms with Gasteiger partial charge in [0, 0.05) is 19.1 Å². The number of hydrogen-bond acceptors (Lipinski definition) is 3. The molecule has 0 aliphatic carbocycles. The molecule has 0 radical (unpaired) electrons. The maximum Gasteiger partial charge on any atom is 0.320 e. The van der Waals surface area contributed by atoms with Gasteiger partial charge in [-0.1, -0.05) is 0 Å². The first-order valence-electron chi connectivity index (χ1n) is 3.88. The Labute approximate surface area is 64.5 Å². The van der Waals surface area contributed by atoms with Crippen molar-refractivity contribution in [1.29, 1.82) is 0 Å². The number of carboxylic acids is 1. The summed E-state index contributed by atoms with van der Waals surface area (Å²) in [5.41, 5.74) is 0. The molecule has 4 heteroatoms. The molecule has 2 saturated heterocycles. The highest BCUT2D eigenvalue weighted by Gasteiger charge is 2.40. The number of fused-ring (bicyclic) bond motifs is 1. The van der Waals surface area contributed by atoms with Crippen molar-refractivity contribution in [2.45, 2.75) is 31.0 Å². The van der Waals surface area contributed by atoms with Gasteiger partial charge in [-0.3, -0.25) is 10.1 Å². The molecule has 3 atom stereocenters. The van der Waals surface area contributed by atoms with Crippen LogP contribution in [0.25, 0.3) is 0 Å². The van der Waals surface area contributed by atoms with Gasteiger partial charge in [-0.05, 0) is 6.42 Å². The van der Waals surface area contributed by atoms with E-state index in [0.29, 0.717) is 6.42 Å². The summed E-state index contributed by atoms with van der Waals surface area (Å²) in [6.07, 6.45) is 1.73. The molecule has 0 aromatic heterocycles. The van der Waals surface area contributed by atoms with E-state index in [1.54, 1.807) is 0 Å². The average molecular weight is 157 g/mol. The predicted octanol–water partition coefficient (Wildman–Crippen LogP) is -0.410. The zero-order valence-corrected chi connectivity index (χ0v) is 6.12. The highest BCUT2D eigenvalue weighted by atomic mass is 16.5. The Bertz CT molecular complexity index is 171. The molecule has 0 amide bonds. The van der Waals surface area contributed by atoms with Crippen molar-refractivity contribution in [1.82, 2.24) is 5.32 Å².